The van der Waals surface area contributed by atoms with Crippen LogP contribution in [0.3, 0.4) is 0 Å². The van der Waals surface area contributed by atoms with Gasteiger partial charge in [-0.2, -0.15) is 0 Å². The van der Waals surface area contributed by atoms with Gasteiger partial charge in [0.25, 0.3) is 0 Å². The van der Waals surface area contributed by atoms with E-state index < -0.39 is 0 Å². The summed E-state index contributed by atoms with van der Waals surface area (Å²) in [7, 11) is 3.99. The average molecular weight is 391 g/mol. The van der Waals surface area contributed by atoms with Gasteiger partial charge in [-0.25, -0.2) is 4.79 Å². The molecule has 0 bridgehead atoms. The molecule has 0 radical (unpaired) electrons. The van der Waals surface area contributed by atoms with E-state index >= 15 is 0 Å². The van der Waals surface area contributed by atoms with E-state index in [1.165, 1.54) is 49.7 Å². The van der Waals surface area contributed by atoms with Gasteiger partial charge in [-0.1, -0.05) is 13.3 Å². The zero-order valence-corrected chi connectivity index (χ0v) is 17.7. The minimum Gasteiger partial charge on any atom is -0.493 e. The number of benzene rings is 1. The third kappa shape index (κ3) is 4.80. The molecule has 0 saturated carbocycles. The quantitative estimate of drug-likeness (QED) is 0.374. The summed E-state index contributed by atoms with van der Waals surface area (Å²) in [5, 5.41) is 0. The molecule has 156 valence electrons. The second-order valence-electron chi connectivity index (χ2n) is 8.56. The third-order valence-corrected chi connectivity index (χ3v) is 6.59. The van der Waals surface area contributed by atoms with Gasteiger partial charge in [0.2, 0.25) is 0 Å². The fourth-order valence-electron chi connectivity index (χ4n) is 4.93. The summed E-state index contributed by atoms with van der Waals surface area (Å²) in [6.07, 6.45) is 8.35. The molecule has 0 unspecified atom stereocenters. The molecule has 3 atom stereocenters. The van der Waals surface area contributed by atoms with E-state index in [9.17, 15) is 4.79 Å². The number of rotatable bonds is 8. The highest BCUT2D eigenvalue weighted by Gasteiger charge is 2.43. The number of hydrogen-bond donors (Lipinski definition) is 0. The molecule has 0 amide bonds. The van der Waals surface area contributed by atoms with E-state index in [4.69, 9.17) is 14.2 Å². The van der Waals surface area contributed by atoms with Crippen LogP contribution in [0.25, 0.3) is 0 Å². The van der Waals surface area contributed by atoms with Crippen LogP contribution < -0.4 is 9.47 Å². The summed E-state index contributed by atoms with van der Waals surface area (Å²) in [5.41, 5.74) is 0.524. The normalized spacial score (nSPS) is 27.0. The van der Waals surface area contributed by atoms with Gasteiger partial charge in [-0.3, -0.25) is 0 Å². The number of carbonyl (C=O) groups is 1. The first-order valence-electron chi connectivity index (χ1n) is 10.9. The van der Waals surface area contributed by atoms with Crippen LogP contribution in [-0.4, -0.2) is 57.0 Å². The molecule has 2 saturated heterocycles. The maximum atomic E-state index is 12.6. The first kappa shape index (κ1) is 21.0. The minimum absolute atomic E-state index is 0.269. The molecule has 2 aliphatic heterocycles. The SMILES string of the molecule is CCCCOc1ccc(C(=O)OC[C@H]2CCC[N@@+]3(C)CCCC[C@H]23)cc1OC. The first-order valence-corrected chi connectivity index (χ1v) is 10.9. The highest BCUT2D eigenvalue weighted by Crippen LogP contribution is 2.36. The number of piperidine rings is 2. The zero-order valence-electron chi connectivity index (χ0n) is 17.7. The lowest BCUT2D eigenvalue weighted by atomic mass is 9.82. The van der Waals surface area contributed by atoms with Gasteiger partial charge < -0.3 is 18.7 Å². The van der Waals surface area contributed by atoms with Gasteiger partial charge in [-0.15, -0.1) is 0 Å². The molecule has 2 aliphatic rings. The lowest BCUT2D eigenvalue weighted by Crippen LogP contribution is -2.61. The molecule has 5 heteroatoms. The van der Waals surface area contributed by atoms with Crippen molar-refractivity contribution in [3.8, 4) is 11.5 Å². The van der Waals surface area contributed by atoms with Crippen molar-refractivity contribution >= 4 is 5.97 Å². The molecule has 0 aromatic heterocycles. The number of unbranched alkanes of at least 4 members (excludes halogenated alkanes) is 1. The van der Waals surface area contributed by atoms with Crippen molar-refractivity contribution < 1.29 is 23.5 Å². The standard InChI is InChI=1S/C23H36NO4/c1-4-5-15-27-21-12-11-18(16-22(21)26-3)23(25)28-17-19-9-8-14-24(2)13-7-6-10-20(19)24/h11-12,16,19-20H,4-10,13-15,17H2,1-3H3/q+1/t19-,20-,24-/m1/s1. The van der Waals surface area contributed by atoms with E-state index in [2.05, 4.69) is 14.0 Å². The Morgan fingerprint density at radius 3 is 2.75 bits per heavy atom. The first-order chi connectivity index (χ1) is 13.6. The van der Waals surface area contributed by atoms with Gasteiger partial charge in [0.05, 0.1) is 45.5 Å². The molecule has 2 fully saturated rings. The van der Waals surface area contributed by atoms with Crippen LogP contribution in [0.5, 0.6) is 11.5 Å². The van der Waals surface area contributed by atoms with Gasteiger partial charge in [0, 0.05) is 12.3 Å². The monoisotopic (exact) mass is 390 g/mol. The van der Waals surface area contributed by atoms with Crippen LogP contribution in [0.2, 0.25) is 0 Å². The van der Waals surface area contributed by atoms with Crippen molar-refractivity contribution in [2.45, 2.75) is 57.9 Å². The van der Waals surface area contributed by atoms with Crippen molar-refractivity contribution in [2.24, 2.45) is 5.92 Å². The van der Waals surface area contributed by atoms with Crippen molar-refractivity contribution in [2.75, 3.05) is 40.5 Å². The summed E-state index contributed by atoms with van der Waals surface area (Å²) in [6, 6.07) is 5.94. The number of ether oxygens (including phenoxy) is 3. The van der Waals surface area contributed by atoms with Crippen LogP contribution in [0.4, 0.5) is 0 Å². The molecule has 0 aliphatic carbocycles. The summed E-state index contributed by atoms with van der Waals surface area (Å²) in [5.74, 6) is 1.46. The fraction of sp³-hybridized carbons (Fsp3) is 0.696. The Balaban J connectivity index is 1.59. The molecule has 28 heavy (non-hydrogen) atoms. The van der Waals surface area contributed by atoms with Gasteiger partial charge in [0.1, 0.15) is 6.61 Å². The molecular weight excluding hydrogens is 354 g/mol. The van der Waals surface area contributed by atoms with Crippen LogP contribution in [0.15, 0.2) is 18.2 Å². The number of quaternary nitrogens is 1. The summed E-state index contributed by atoms with van der Waals surface area (Å²) in [6.45, 7) is 5.84. The summed E-state index contributed by atoms with van der Waals surface area (Å²) >= 11 is 0. The maximum Gasteiger partial charge on any atom is 0.338 e. The molecule has 1 aromatic carbocycles. The number of fused-ring (bicyclic) bond motifs is 1. The maximum absolute atomic E-state index is 12.6. The molecule has 3 rings (SSSR count). The number of methoxy groups -OCH3 is 1. The Labute approximate surface area is 169 Å². The predicted octanol–water partition coefficient (Wildman–Crippen LogP) is 4.44. The van der Waals surface area contributed by atoms with Crippen molar-refractivity contribution in [1.29, 1.82) is 0 Å². The smallest absolute Gasteiger partial charge is 0.338 e. The number of hydrogen-bond acceptors (Lipinski definition) is 4. The van der Waals surface area contributed by atoms with E-state index in [1.54, 1.807) is 25.3 Å². The molecular formula is C23H36NO4+. The van der Waals surface area contributed by atoms with Crippen LogP contribution in [0.1, 0.15) is 62.2 Å². The predicted molar refractivity (Wildman–Crippen MR) is 110 cm³/mol. The van der Waals surface area contributed by atoms with Gasteiger partial charge >= 0.3 is 5.97 Å². The van der Waals surface area contributed by atoms with Crippen molar-refractivity contribution in [1.82, 2.24) is 0 Å². The Bertz CT molecular complexity index is 658. The lowest BCUT2D eigenvalue weighted by Gasteiger charge is -2.51. The molecule has 2 heterocycles. The van der Waals surface area contributed by atoms with E-state index in [-0.39, 0.29) is 5.97 Å². The summed E-state index contributed by atoms with van der Waals surface area (Å²) in [4.78, 5) is 12.6. The Morgan fingerprint density at radius 1 is 1.14 bits per heavy atom. The van der Waals surface area contributed by atoms with Gasteiger partial charge in [-0.05, 0) is 50.3 Å². The van der Waals surface area contributed by atoms with Crippen LogP contribution in [-0.2, 0) is 4.74 Å². The van der Waals surface area contributed by atoms with Crippen LogP contribution in [0, 0.1) is 5.92 Å². The van der Waals surface area contributed by atoms with Crippen LogP contribution >= 0.6 is 0 Å². The summed E-state index contributed by atoms with van der Waals surface area (Å²) < 4.78 is 18.1. The minimum atomic E-state index is -0.269. The molecule has 0 spiro atoms. The fourth-order valence-corrected chi connectivity index (χ4v) is 4.93. The highest BCUT2D eigenvalue weighted by molar-refractivity contribution is 5.90. The second kappa shape index (κ2) is 9.64. The van der Waals surface area contributed by atoms with E-state index in [0.29, 0.717) is 42.2 Å². The Hall–Kier alpha value is -1.75. The Kier molecular flexibility index (Phi) is 7.22. The number of esters is 1. The Morgan fingerprint density at radius 2 is 1.96 bits per heavy atom. The number of nitrogens with zero attached hydrogens (tertiary/aromatic N) is 1. The van der Waals surface area contributed by atoms with E-state index in [1.807, 2.05) is 0 Å². The van der Waals surface area contributed by atoms with Crippen molar-refractivity contribution in [3.63, 3.8) is 0 Å². The number of carbonyl (C=O) groups excluding carboxylic acids is 1. The van der Waals surface area contributed by atoms with Crippen molar-refractivity contribution in [3.05, 3.63) is 23.8 Å². The van der Waals surface area contributed by atoms with E-state index in [0.717, 1.165) is 12.8 Å². The molecule has 5 nitrogen and oxygen atoms in total. The van der Waals surface area contributed by atoms with Gasteiger partial charge in [0.15, 0.2) is 11.5 Å². The highest BCUT2D eigenvalue weighted by atomic mass is 16.5. The zero-order chi connectivity index (χ0) is 20.0. The molecule has 1 aromatic rings. The lowest BCUT2D eigenvalue weighted by molar-refractivity contribution is -0.947. The topological polar surface area (TPSA) is 44.8 Å². The average Bonchev–Trinajstić information content (AvgIpc) is 2.71. The third-order valence-electron chi connectivity index (χ3n) is 6.59. The largest absolute Gasteiger partial charge is 0.493 e. The second-order valence-corrected chi connectivity index (χ2v) is 8.56. The molecule has 0 N–H and O–H groups in total.